The summed E-state index contributed by atoms with van der Waals surface area (Å²) in [5, 5.41) is 5.72. The van der Waals surface area contributed by atoms with Gasteiger partial charge in [-0.3, -0.25) is 14.6 Å². The largest absolute Gasteiger partial charge is 0.436 e. The highest BCUT2D eigenvalue weighted by atomic mass is 16.4. The number of hydrogen-bond acceptors (Lipinski definition) is 5. The topological polar surface area (TPSA) is 97.1 Å². The molecule has 0 spiro atoms. The van der Waals surface area contributed by atoms with E-state index in [0.29, 0.717) is 40.6 Å². The molecule has 182 valence electrons. The molecule has 0 aliphatic rings. The molecule has 0 bridgehead atoms. The smallest absolute Gasteiger partial charge is 0.256 e. The summed E-state index contributed by atoms with van der Waals surface area (Å²) in [6.07, 6.45) is 3.33. The van der Waals surface area contributed by atoms with Crippen LogP contribution in [0, 0.1) is 6.92 Å². The Hall–Kier alpha value is -5.04. The Morgan fingerprint density at radius 3 is 2.46 bits per heavy atom. The molecule has 7 nitrogen and oxygen atoms in total. The van der Waals surface area contributed by atoms with Crippen molar-refractivity contribution in [1.29, 1.82) is 0 Å². The number of oxazole rings is 1. The number of nitrogens with one attached hydrogen (secondary N) is 2. The quantitative estimate of drug-likeness (QED) is 0.298. The molecule has 0 atom stereocenters. The maximum Gasteiger partial charge on any atom is 0.256 e. The predicted molar refractivity (Wildman–Crippen MR) is 142 cm³/mol. The molecule has 2 heterocycles. The summed E-state index contributed by atoms with van der Waals surface area (Å²) in [5.41, 5.74) is 4.72. The van der Waals surface area contributed by atoms with Crippen LogP contribution in [-0.4, -0.2) is 21.8 Å². The summed E-state index contributed by atoms with van der Waals surface area (Å²) < 4.78 is 6.00. The molecular formula is C30H24N4O3. The molecule has 2 N–H and O–H groups in total. The highest BCUT2D eigenvalue weighted by molar-refractivity contribution is 6.08. The van der Waals surface area contributed by atoms with Crippen LogP contribution in [0.25, 0.3) is 22.8 Å². The molecule has 0 fully saturated rings. The summed E-state index contributed by atoms with van der Waals surface area (Å²) in [6.45, 7) is 2.33. The molecule has 5 aromatic rings. The maximum absolute atomic E-state index is 13.2. The first-order valence-corrected chi connectivity index (χ1v) is 11.8. The zero-order valence-corrected chi connectivity index (χ0v) is 20.1. The summed E-state index contributed by atoms with van der Waals surface area (Å²) in [5.74, 6) is 0.376. The normalized spacial score (nSPS) is 10.6. The first-order valence-electron chi connectivity index (χ1n) is 11.8. The number of anilines is 1. The zero-order chi connectivity index (χ0) is 25.6. The number of nitrogens with zero attached hydrogens (tertiary/aromatic N) is 2. The van der Waals surface area contributed by atoms with Crippen molar-refractivity contribution in [2.75, 3.05) is 5.32 Å². The van der Waals surface area contributed by atoms with Gasteiger partial charge in [0, 0.05) is 28.6 Å². The van der Waals surface area contributed by atoms with Crippen LogP contribution in [0.4, 0.5) is 5.69 Å². The van der Waals surface area contributed by atoms with Gasteiger partial charge in [-0.1, -0.05) is 54.1 Å². The molecule has 0 saturated carbocycles. The third-order valence-corrected chi connectivity index (χ3v) is 5.78. The van der Waals surface area contributed by atoms with E-state index in [2.05, 4.69) is 20.6 Å². The van der Waals surface area contributed by atoms with E-state index < -0.39 is 0 Å². The van der Waals surface area contributed by atoms with Gasteiger partial charge in [0.2, 0.25) is 5.89 Å². The number of carbonyl (C=O) groups excluding carboxylic acids is 2. The van der Waals surface area contributed by atoms with Crippen LogP contribution < -0.4 is 10.6 Å². The van der Waals surface area contributed by atoms with Crippen LogP contribution in [0.15, 0.2) is 108 Å². The first kappa shape index (κ1) is 23.7. The standard InChI is InChI=1S/C30H24N4O3/c1-20-12-14-21(15-13-20)27-19-33-30(37-27)26-11-3-2-10-25(26)29(36)34-23-9-6-7-22(17-23)28(35)32-18-24-8-4-5-16-31-24/h2-17,19H,18H2,1H3,(H,32,35)(H,34,36). The number of benzene rings is 3. The zero-order valence-electron chi connectivity index (χ0n) is 20.1. The van der Waals surface area contributed by atoms with E-state index in [0.717, 1.165) is 16.8 Å². The molecule has 2 amide bonds. The number of pyridine rings is 1. The van der Waals surface area contributed by atoms with Crippen molar-refractivity contribution in [2.24, 2.45) is 0 Å². The Balaban J connectivity index is 1.32. The van der Waals surface area contributed by atoms with Crippen molar-refractivity contribution >= 4 is 17.5 Å². The van der Waals surface area contributed by atoms with Crippen molar-refractivity contribution in [3.63, 3.8) is 0 Å². The fourth-order valence-corrected chi connectivity index (χ4v) is 3.83. The third-order valence-electron chi connectivity index (χ3n) is 5.78. The Labute approximate surface area is 214 Å². The molecule has 7 heteroatoms. The molecule has 0 aliphatic carbocycles. The van der Waals surface area contributed by atoms with Gasteiger partial charge in [-0.2, -0.15) is 0 Å². The Morgan fingerprint density at radius 1 is 0.838 bits per heavy atom. The molecule has 3 aromatic carbocycles. The lowest BCUT2D eigenvalue weighted by Gasteiger charge is -2.10. The first-order chi connectivity index (χ1) is 18.1. The second-order valence-electron chi connectivity index (χ2n) is 8.48. The van der Waals surface area contributed by atoms with Gasteiger partial charge in [-0.25, -0.2) is 4.98 Å². The lowest BCUT2D eigenvalue weighted by atomic mass is 10.1. The predicted octanol–water partition coefficient (Wildman–Crippen LogP) is 5.89. The Morgan fingerprint density at radius 2 is 1.65 bits per heavy atom. The van der Waals surface area contributed by atoms with Gasteiger partial charge in [-0.05, 0) is 49.4 Å². The van der Waals surface area contributed by atoms with Crippen molar-refractivity contribution < 1.29 is 14.0 Å². The number of amides is 2. The summed E-state index contributed by atoms with van der Waals surface area (Å²) in [6, 6.07) is 27.4. The third kappa shape index (κ3) is 5.62. The lowest BCUT2D eigenvalue weighted by molar-refractivity contribution is 0.0949. The Bertz CT molecular complexity index is 1540. The average Bonchev–Trinajstić information content (AvgIpc) is 3.43. The SMILES string of the molecule is Cc1ccc(-c2cnc(-c3ccccc3C(=O)Nc3cccc(C(=O)NCc4ccccn4)c3)o2)cc1. The fraction of sp³-hybridized carbons (Fsp3) is 0.0667. The van der Waals surface area contributed by atoms with Gasteiger partial charge in [0.05, 0.1) is 24.0 Å². The number of aromatic nitrogens is 2. The highest BCUT2D eigenvalue weighted by Crippen LogP contribution is 2.29. The summed E-state index contributed by atoms with van der Waals surface area (Å²) >= 11 is 0. The summed E-state index contributed by atoms with van der Waals surface area (Å²) in [7, 11) is 0. The molecule has 5 rings (SSSR count). The number of aryl methyl sites for hydroxylation is 1. The second-order valence-corrected chi connectivity index (χ2v) is 8.48. The van der Waals surface area contributed by atoms with Crippen molar-refractivity contribution in [3.8, 4) is 22.8 Å². The van der Waals surface area contributed by atoms with Crippen molar-refractivity contribution in [1.82, 2.24) is 15.3 Å². The van der Waals surface area contributed by atoms with E-state index in [1.807, 2.05) is 55.5 Å². The van der Waals surface area contributed by atoms with Gasteiger partial charge >= 0.3 is 0 Å². The monoisotopic (exact) mass is 488 g/mol. The van der Waals surface area contributed by atoms with E-state index in [1.165, 1.54) is 0 Å². The molecule has 0 saturated heterocycles. The molecule has 0 radical (unpaired) electrons. The van der Waals surface area contributed by atoms with E-state index in [1.54, 1.807) is 54.9 Å². The molecule has 0 unspecified atom stereocenters. The van der Waals surface area contributed by atoms with Crippen LogP contribution in [0.5, 0.6) is 0 Å². The summed E-state index contributed by atoms with van der Waals surface area (Å²) in [4.78, 5) is 34.5. The van der Waals surface area contributed by atoms with Gasteiger partial charge in [0.15, 0.2) is 5.76 Å². The minimum absolute atomic E-state index is 0.259. The average molecular weight is 489 g/mol. The molecule has 0 aliphatic heterocycles. The molecular weight excluding hydrogens is 464 g/mol. The number of carbonyl (C=O) groups is 2. The molecule has 37 heavy (non-hydrogen) atoms. The van der Waals surface area contributed by atoms with E-state index >= 15 is 0 Å². The molecule has 2 aromatic heterocycles. The van der Waals surface area contributed by atoms with Crippen LogP contribution in [-0.2, 0) is 6.54 Å². The van der Waals surface area contributed by atoms with Crippen LogP contribution in [0.2, 0.25) is 0 Å². The van der Waals surface area contributed by atoms with Crippen molar-refractivity contribution in [2.45, 2.75) is 13.5 Å². The number of rotatable bonds is 7. The van der Waals surface area contributed by atoms with E-state index in [4.69, 9.17) is 4.42 Å². The fourth-order valence-electron chi connectivity index (χ4n) is 3.83. The Kier molecular flexibility index (Phi) is 6.85. The second kappa shape index (κ2) is 10.7. The van der Waals surface area contributed by atoms with Gasteiger partial charge < -0.3 is 15.1 Å². The van der Waals surface area contributed by atoms with Gasteiger partial charge in [0.25, 0.3) is 11.8 Å². The highest BCUT2D eigenvalue weighted by Gasteiger charge is 2.18. The minimum atomic E-state index is -0.336. The van der Waals surface area contributed by atoms with Crippen LogP contribution in [0.1, 0.15) is 32.0 Å². The number of hydrogen-bond donors (Lipinski definition) is 2. The van der Waals surface area contributed by atoms with Gasteiger partial charge in [-0.15, -0.1) is 0 Å². The van der Waals surface area contributed by atoms with Gasteiger partial charge in [0.1, 0.15) is 0 Å². The van der Waals surface area contributed by atoms with Crippen LogP contribution in [0.3, 0.4) is 0 Å². The van der Waals surface area contributed by atoms with E-state index in [-0.39, 0.29) is 11.8 Å². The van der Waals surface area contributed by atoms with E-state index in [9.17, 15) is 9.59 Å². The lowest BCUT2D eigenvalue weighted by Crippen LogP contribution is -2.23. The van der Waals surface area contributed by atoms with Crippen LogP contribution >= 0.6 is 0 Å². The minimum Gasteiger partial charge on any atom is -0.436 e. The maximum atomic E-state index is 13.2. The van der Waals surface area contributed by atoms with Crippen molar-refractivity contribution in [3.05, 3.63) is 126 Å².